The van der Waals surface area contributed by atoms with E-state index in [0.29, 0.717) is 0 Å². The standard InChI is InChI=1S/C13H22N2/c1-10(12-6-14-7-12)8-15(13-4-5-13)9-11-2-3-11/h11,13-14H,2-9H2,1H3. The Morgan fingerprint density at radius 2 is 2.00 bits per heavy atom. The lowest BCUT2D eigenvalue weighted by Crippen LogP contribution is -2.37. The van der Waals surface area contributed by atoms with E-state index in [2.05, 4.69) is 17.1 Å². The van der Waals surface area contributed by atoms with E-state index in [1.54, 1.807) is 11.1 Å². The molecule has 2 saturated carbocycles. The van der Waals surface area contributed by atoms with Gasteiger partial charge >= 0.3 is 0 Å². The lowest BCUT2D eigenvalue weighted by atomic mass is 10.0. The highest BCUT2D eigenvalue weighted by molar-refractivity contribution is 5.22. The van der Waals surface area contributed by atoms with Gasteiger partial charge in [-0.25, -0.2) is 0 Å². The molecule has 1 saturated heterocycles. The zero-order valence-corrected chi connectivity index (χ0v) is 9.76. The molecule has 1 N–H and O–H groups in total. The monoisotopic (exact) mass is 206 g/mol. The van der Waals surface area contributed by atoms with Crippen LogP contribution in [0, 0.1) is 5.92 Å². The smallest absolute Gasteiger partial charge is 0.0196 e. The molecule has 0 aromatic rings. The van der Waals surface area contributed by atoms with Crippen LogP contribution in [0.1, 0.15) is 32.6 Å². The van der Waals surface area contributed by atoms with Crippen LogP contribution in [0.25, 0.3) is 0 Å². The molecule has 0 radical (unpaired) electrons. The van der Waals surface area contributed by atoms with E-state index in [1.807, 2.05) is 0 Å². The molecule has 84 valence electrons. The van der Waals surface area contributed by atoms with Gasteiger partial charge in [0, 0.05) is 32.2 Å². The first kappa shape index (κ1) is 9.86. The third-order valence-electron chi connectivity index (χ3n) is 3.97. The average Bonchev–Trinajstić information content (AvgIpc) is 2.96. The largest absolute Gasteiger partial charge is 0.309 e. The summed E-state index contributed by atoms with van der Waals surface area (Å²) in [7, 11) is 0. The number of nitrogens with one attached hydrogen (secondary N) is 1. The summed E-state index contributed by atoms with van der Waals surface area (Å²) in [6.45, 7) is 7.25. The molecule has 1 heterocycles. The fourth-order valence-corrected chi connectivity index (χ4v) is 2.38. The van der Waals surface area contributed by atoms with Gasteiger partial charge in [0.05, 0.1) is 0 Å². The number of hydrogen-bond donors (Lipinski definition) is 1. The minimum absolute atomic E-state index is 0.939. The molecule has 2 heteroatoms. The Balaban J connectivity index is 1.56. The molecule has 15 heavy (non-hydrogen) atoms. The predicted molar refractivity (Wildman–Crippen MR) is 62.9 cm³/mol. The van der Waals surface area contributed by atoms with Crippen molar-refractivity contribution in [3.63, 3.8) is 0 Å². The first-order valence-corrected chi connectivity index (χ1v) is 6.45. The molecule has 0 aromatic carbocycles. The number of nitrogens with zero attached hydrogens (tertiary/aromatic N) is 1. The molecule has 0 aromatic heterocycles. The molecule has 2 aliphatic carbocycles. The van der Waals surface area contributed by atoms with Crippen LogP contribution in [-0.4, -0.2) is 37.1 Å². The molecular weight excluding hydrogens is 184 g/mol. The Labute approximate surface area is 92.7 Å². The molecule has 3 fully saturated rings. The number of rotatable bonds is 5. The lowest BCUT2D eigenvalue weighted by molar-refractivity contribution is 0.272. The summed E-state index contributed by atoms with van der Waals surface area (Å²) in [5.74, 6) is 1.04. The summed E-state index contributed by atoms with van der Waals surface area (Å²) in [4.78, 5) is 2.75. The van der Waals surface area contributed by atoms with Gasteiger partial charge in [-0.1, -0.05) is 5.57 Å². The van der Waals surface area contributed by atoms with Crippen molar-refractivity contribution in [2.45, 2.75) is 38.6 Å². The molecule has 0 amide bonds. The molecule has 3 aliphatic rings. The van der Waals surface area contributed by atoms with Crippen LogP contribution in [-0.2, 0) is 0 Å². The third kappa shape index (κ3) is 2.43. The summed E-state index contributed by atoms with van der Waals surface area (Å²) < 4.78 is 0. The van der Waals surface area contributed by atoms with Gasteiger partial charge in [-0.05, 0) is 44.1 Å². The SMILES string of the molecule is CC(CN(CC1CC1)C1CC1)=C1CNC1. The molecule has 3 rings (SSSR count). The van der Waals surface area contributed by atoms with Crippen LogP contribution in [0.5, 0.6) is 0 Å². The minimum Gasteiger partial charge on any atom is -0.309 e. The summed E-state index contributed by atoms with van der Waals surface area (Å²) >= 11 is 0. The van der Waals surface area contributed by atoms with Gasteiger partial charge < -0.3 is 5.32 Å². The van der Waals surface area contributed by atoms with Crippen molar-refractivity contribution in [1.82, 2.24) is 10.2 Å². The molecular formula is C13H22N2. The van der Waals surface area contributed by atoms with Crippen LogP contribution in [0.2, 0.25) is 0 Å². The van der Waals surface area contributed by atoms with Crippen LogP contribution in [0.15, 0.2) is 11.1 Å². The van der Waals surface area contributed by atoms with Gasteiger partial charge in [-0.2, -0.15) is 0 Å². The van der Waals surface area contributed by atoms with Gasteiger partial charge in [0.1, 0.15) is 0 Å². The summed E-state index contributed by atoms with van der Waals surface area (Å²) in [6, 6.07) is 0.939. The quantitative estimate of drug-likeness (QED) is 0.690. The van der Waals surface area contributed by atoms with Crippen molar-refractivity contribution < 1.29 is 0 Å². The van der Waals surface area contributed by atoms with Crippen LogP contribution >= 0.6 is 0 Å². The van der Waals surface area contributed by atoms with Gasteiger partial charge in [0.25, 0.3) is 0 Å². The van der Waals surface area contributed by atoms with E-state index in [-0.39, 0.29) is 0 Å². The Hall–Kier alpha value is -0.340. The van der Waals surface area contributed by atoms with Crippen LogP contribution in [0.3, 0.4) is 0 Å². The molecule has 0 unspecified atom stereocenters. The molecule has 0 atom stereocenters. The van der Waals surface area contributed by atoms with Crippen molar-refractivity contribution in [3.05, 3.63) is 11.1 Å². The van der Waals surface area contributed by atoms with Crippen LogP contribution < -0.4 is 5.32 Å². The van der Waals surface area contributed by atoms with Crippen molar-refractivity contribution in [2.24, 2.45) is 5.92 Å². The van der Waals surface area contributed by atoms with Gasteiger partial charge in [-0.15, -0.1) is 0 Å². The Kier molecular flexibility index (Phi) is 2.57. The fourth-order valence-electron chi connectivity index (χ4n) is 2.38. The highest BCUT2D eigenvalue weighted by Gasteiger charge is 2.33. The van der Waals surface area contributed by atoms with E-state index >= 15 is 0 Å². The first-order chi connectivity index (χ1) is 7.33. The van der Waals surface area contributed by atoms with Gasteiger partial charge in [0.15, 0.2) is 0 Å². The summed E-state index contributed by atoms with van der Waals surface area (Å²) in [5.41, 5.74) is 3.30. The average molecular weight is 206 g/mol. The first-order valence-electron chi connectivity index (χ1n) is 6.45. The number of hydrogen-bond acceptors (Lipinski definition) is 2. The van der Waals surface area contributed by atoms with E-state index < -0.39 is 0 Å². The third-order valence-corrected chi connectivity index (χ3v) is 3.97. The van der Waals surface area contributed by atoms with E-state index in [9.17, 15) is 0 Å². The summed E-state index contributed by atoms with van der Waals surface area (Å²) in [6.07, 6.45) is 5.88. The zero-order chi connectivity index (χ0) is 10.3. The topological polar surface area (TPSA) is 15.3 Å². The second kappa shape index (κ2) is 3.91. The van der Waals surface area contributed by atoms with Crippen molar-refractivity contribution >= 4 is 0 Å². The Morgan fingerprint density at radius 1 is 1.27 bits per heavy atom. The fraction of sp³-hybridized carbons (Fsp3) is 0.846. The molecule has 1 aliphatic heterocycles. The van der Waals surface area contributed by atoms with Gasteiger partial charge in [-0.3, -0.25) is 4.90 Å². The zero-order valence-electron chi connectivity index (χ0n) is 9.76. The van der Waals surface area contributed by atoms with E-state index in [0.717, 1.165) is 25.0 Å². The van der Waals surface area contributed by atoms with Gasteiger partial charge in [0.2, 0.25) is 0 Å². The second-order valence-electron chi connectivity index (χ2n) is 5.59. The molecule has 0 bridgehead atoms. The maximum Gasteiger partial charge on any atom is 0.0196 e. The predicted octanol–water partition coefficient (Wildman–Crippen LogP) is 1.78. The van der Waals surface area contributed by atoms with Crippen molar-refractivity contribution in [2.75, 3.05) is 26.2 Å². The minimum atomic E-state index is 0.939. The highest BCUT2D eigenvalue weighted by Crippen LogP contribution is 2.35. The Bertz CT molecular complexity index is 268. The maximum absolute atomic E-state index is 3.34. The summed E-state index contributed by atoms with van der Waals surface area (Å²) in [5, 5.41) is 3.34. The van der Waals surface area contributed by atoms with E-state index in [1.165, 1.54) is 38.8 Å². The highest BCUT2D eigenvalue weighted by atomic mass is 15.2. The maximum atomic E-state index is 3.34. The van der Waals surface area contributed by atoms with Crippen LogP contribution in [0.4, 0.5) is 0 Å². The molecule has 0 spiro atoms. The second-order valence-corrected chi connectivity index (χ2v) is 5.59. The van der Waals surface area contributed by atoms with E-state index in [4.69, 9.17) is 0 Å². The Morgan fingerprint density at radius 3 is 2.47 bits per heavy atom. The normalized spacial score (nSPS) is 25.6. The lowest BCUT2D eigenvalue weighted by Gasteiger charge is -2.27. The molecule has 2 nitrogen and oxygen atoms in total. The van der Waals surface area contributed by atoms with Crippen molar-refractivity contribution in [1.29, 1.82) is 0 Å². The van der Waals surface area contributed by atoms with Crippen molar-refractivity contribution in [3.8, 4) is 0 Å².